The van der Waals surface area contributed by atoms with Crippen molar-refractivity contribution in [3.8, 4) is 5.75 Å². The number of alkyl halides is 6. The van der Waals surface area contributed by atoms with E-state index in [4.69, 9.17) is 0 Å². The Kier molecular flexibility index (Phi) is 5.53. The molecule has 1 aromatic rings. The number of hydrogen-bond acceptors (Lipinski definition) is 2. The number of ether oxygens (including phenoxy) is 1. The van der Waals surface area contributed by atoms with Crippen LogP contribution in [0, 0.1) is 5.41 Å². The van der Waals surface area contributed by atoms with Crippen LogP contribution in [0.2, 0.25) is 0 Å². The first kappa shape index (κ1) is 19.4. The lowest BCUT2D eigenvalue weighted by molar-refractivity contribution is -0.274. The summed E-state index contributed by atoms with van der Waals surface area (Å²) in [6, 6.07) is 4.95. The Balaban J connectivity index is 1.89. The third-order valence-corrected chi connectivity index (χ3v) is 4.29. The molecule has 1 aliphatic carbocycles. The van der Waals surface area contributed by atoms with Crippen molar-refractivity contribution in [2.45, 2.75) is 44.6 Å². The topological polar surface area (TPSA) is 38.3 Å². The first-order chi connectivity index (χ1) is 11.5. The molecule has 0 heterocycles. The zero-order chi connectivity index (χ0) is 18.7. The number of carbonyl (C=O) groups excluding carboxylic acids is 1. The quantitative estimate of drug-likeness (QED) is 0.783. The predicted octanol–water partition coefficient (Wildman–Crippen LogP) is 4.37. The normalized spacial score (nSPS) is 17.4. The Morgan fingerprint density at radius 1 is 1.04 bits per heavy atom. The van der Waals surface area contributed by atoms with Gasteiger partial charge in [0, 0.05) is 6.54 Å². The van der Waals surface area contributed by atoms with Gasteiger partial charge < -0.3 is 10.1 Å². The third kappa shape index (κ3) is 4.79. The van der Waals surface area contributed by atoms with E-state index < -0.39 is 23.9 Å². The van der Waals surface area contributed by atoms with Crippen LogP contribution >= 0.6 is 0 Å². The average molecular weight is 369 g/mol. The van der Waals surface area contributed by atoms with Crippen molar-refractivity contribution in [2.75, 3.05) is 6.54 Å². The fourth-order valence-electron chi connectivity index (χ4n) is 2.97. The SMILES string of the molecule is O=C(NCCc1ccc(OC(F)(F)F)cc1)C1(C(F)(F)F)CCCC1. The summed E-state index contributed by atoms with van der Waals surface area (Å²) in [7, 11) is 0. The molecule has 1 fully saturated rings. The van der Waals surface area contributed by atoms with Gasteiger partial charge in [-0.25, -0.2) is 0 Å². The van der Waals surface area contributed by atoms with Crippen molar-refractivity contribution in [3.05, 3.63) is 29.8 Å². The van der Waals surface area contributed by atoms with Gasteiger partial charge in [0.25, 0.3) is 0 Å². The van der Waals surface area contributed by atoms with Gasteiger partial charge in [-0.2, -0.15) is 13.2 Å². The predicted molar refractivity (Wildman–Crippen MR) is 76.8 cm³/mol. The Hall–Kier alpha value is -1.93. The zero-order valence-corrected chi connectivity index (χ0v) is 13.1. The number of carbonyl (C=O) groups is 1. The highest BCUT2D eigenvalue weighted by Crippen LogP contribution is 2.50. The van der Waals surface area contributed by atoms with E-state index in [-0.39, 0.29) is 31.6 Å². The number of hydrogen-bond donors (Lipinski definition) is 1. The van der Waals surface area contributed by atoms with E-state index in [0.29, 0.717) is 18.4 Å². The van der Waals surface area contributed by atoms with Crippen LogP contribution in [-0.4, -0.2) is 25.0 Å². The first-order valence-corrected chi connectivity index (χ1v) is 7.73. The number of benzene rings is 1. The van der Waals surface area contributed by atoms with Gasteiger partial charge in [0.1, 0.15) is 11.2 Å². The number of nitrogens with one attached hydrogen (secondary N) is 1. The van der Waals surface area contributed by atoms with Crippen LogP contribution in [0.1, 0.15) is 31.2 Å². The fraction of sp³-hybridized carbons (Fsp3) is 0.562. The van der Waals surface area contributed by atoms with E-state index in [1.807, 2.05) is 0 Å². The Labute approximate surface area is 140 Å². The molecule has 0 radical (unpaired) electrons. The van der Waals surface area contributed by atoms with Crippen LogP contribution in [0.3, 0.4) is 0 Å². The molecular formula is C16H17F6NO2. The molecule has 9 heteroatoms. The minimum atomic E-state index is -4.79. The van der Waals surface area contributed by atoms with Gasteiger partial charge in [0.05, 0.1) is 0 Å². The second-order valence-electron chi connectivity index (χ2n) is 5.98. The van der Waals surface area contributed by atoms with Gasteiger partial charge in [-0.15, -0.1) is 13.2 Å². The number of amides is 1. The molecule has 0 saturated heterocycles. The van der Waals surface area contributed by atoms with Crippen LogP contribution < -0.4 is 10.1 Å². The fourth-order valence-corrected chi connectivity index (χ4v) is 2.97. The largest absolute Gasteiger partial charge is 0.573 e. The lowest BCUT2D eigenvalue weighted by Gasteiger charge is -2.30. The van der Waals surface area contributed by atoms with Crippen molar-refractivity contribution in [3.63, 3.8) is 0 Å². The van der Waals surface area contributed by atoms with E-state index in [1.165, 1.54) is 12.1 Å². The molecule has 1 saturated carbocycles. The van der Waals surface area contributed by atoms with Crippen LogP contribution in [-0.2, 0) is 11.2 Å². The summed E-state index contributed by atoms with van der Waals surface area (Å²) in [4.78, 5) is 12.0. The molecule has 25 heavy (non-hydrogen) atoms. The Morgan fingerprint density at radius 2 is 1.60 bits per heavy atom. The molecule has 1 amide bonds. The van der Waals surface area contributed by atoms with Crippen LogP contribution in [0.4, 0.5) is 26.3 Å². The summed E-state index contributed by atoms with van der Waals surface area (Å²) < 4.78 is 79.6. The summed E-state index contributed by atoms with van der Waals surface area (Å²) >= 11 is 0. The lowest BCUT2D eigenvalue weighted by Crippen LogP contribution is -2.49. The van der Waals surface area contributed by atoms with Crippen molar-refractivity contribution < 1.29 is 35.9 Å². The minimum Gasteiger partial charge on any atom is -0.406 e. The van der Waals surface area contributed by atoms with Gasteiger partial charge in [-0.05, 0) is 37.0 Å². The second kappa shape index (κ2) is 7.13. The zero-order valence-electron chi connectivity index (χ0n) is 13.1. The van der Waals surface area contributed by atoms with E-state index in [2.05, 4.69) is 10.1 Å². The van der Waals surface area contributed by atoms with Gasteiger partial charge in [0.2, 0.25) is 5.91 Å². The molecule has 2 rings (SSSR count). The molecule has 3 nitrogen and oxygen atoms in total. The van der Waals surface area contributed by atoms with Gasteiger partial charge in [0.15, 0.2) is 0 Å². The van der Waals surface area contributed by atoms with E-state index in [1.54, 1.807) is 0 Å². The summed E-state index contributed by atoms with van der Waals surface area (Å²) in [6.07, 6.45) is -8.91. The minimum absolute atomic E-state index is 0.0316. The monoisotopic (exact) mass is 369 g/mol. The standard InChI is InChI=1S/C16H17F6NO2/c17-15(18,19)14(8-1-2-9-14)13(24)23-10-7-11-3-5-12(6-4-11)25-16(20,21)22/h3-6H,1-2,7-10H2,(H,23,24). The maximum Gasteiger partial charge on any atom is 0.573 e. The summed E-state index contributed by atoms with van der Waals surface area (Å²) in [6.45, 7) is -0.0316. The highest BCUT2D eigenvalue weighted by atomic mass is 19.4. The molecule has 0 atom stereocenters. The van der Waals surface area contributed by atoms with Crippen molar-refractivity contribution in [2.24, 2.45) is 5.41 Å². The van der Waals surface area contributed by atoms with Crippen molar-refractivity contribution >= 4 is 5.91 Å². The van der Waals surface area contributed by atoms with Gasteiger partial charge in [-0.1, -0.05) is 25.0 Å². The summed E-state index contributed by atoms with van der Waals surface area (Å²) in [5.74, 6) is -1.42. The van der Waals surface area contributed by atoms with E-state index in [0.717, 1.165) is 12.1 Å². The van der Waals surface area contributed by atoms with Crippen LogP contribution in [0.5, 0.6) is 5.75 Å². The molecule has 0 bridgehead atoms. The smallest absolute Gasteiger partial charge is 0.406 e. The molecule has 1 aromatic carbocycles. The molecule has 0 aromatic heterocycles. The number of halogens is 6. The molecule has 1 N–H and O–H groups in total. The lowest BCUT2D eigenvalue weighted by atomic mass is 9.84. The number of rotatable bonds is 5. The van der Waals surface area contributed by atoms with E-state index >= 15 is 0 Å². The maximum atomic E-state index is 13.2. The summed E-state index contributed by atoms with van der Waals surface area (Å²) in [5.41, 5.74) is -1.75. The Bertz CT molecular complexity index is 588. The summed E-state index contributed by atoms with van der Waals surface area (Å²) in [5, 5.41) is 2.30. The molecule has 0 aliphatic heterocycles. The second-order valence-corrected chi connectivity index (χ2v) is 5.98. The third-order valence-electron chi connectivity index (χ3n) is 4.29. The van der Waals surface area contributed by atoms with Crippen molar-refractivity contribution in [1.82, 2.24) is 5.32 Å². The molecule has 0 spiro atoms. The van der Waals surface area contributed by atoms with E-state index in [9.17, 15) is 31.1 Å². The van der Waals surface area contributed by atoms with Gasteiger partial charge >= 0.3 is 12.5 Å². The molecular weight excluding hydrogens is 352 g/mol. The van der Waals surface area contributed by atoms with Gasteiger partial charge in [-0.3, -0.25) is 4.79 Å². The maximum absolute atomic E-state index is 13.2. The highest BCUT2D eigenvalue weighted by Gasteiger charge is 2.60. The van der Waals surface area contributed by atoms with Crippen LogP contribution in [0.25, 0.3) is 0 Å². The van der Waals surface area contributed by atoms with Crippen LogP contribution in [0.15, 0.2) is 24.3 Å². The molecule has 140 valence electrons. The Morgan fingerprint density at radius 3 is 2.08 bits per heavy atom. The van der Waals surface area contributed by atoms with Crippen molar-refractivity contribution in [1.29, 1.82) is 0 Å². The molecule has 1 aliphatic rings. The average Bonchev–Trinajstić information content (AvgIpc) is 2.98. The molecule has 0 unspecified atom stereocenters. The first-order valence-electron chi connectivity index (χ1n) is 7.73. The highest BCUT2D eigenvalue weighted by molar-refractivity contribution is 5.83.